The van der Waals surface area contributed by atoms with Crippen molar-refractivity contribution in [2.24, 2.45) is 0 Å². The lowest BCUT2D eigenvalue weighted by molar-refractivity contribution is -0.384. The minimum Gasteiger partial charge on any atom is -0.477 e. The second kappa shape index (κ2) is 7.22. The smallest absolute Gasteiger partial charge is 0.269 e. The van der Waals surface area contributed by atoms with Crippen LogP contribution in [0.1, 0.15) is 5.56 Å². The predicted molar refractivity (Wildman–Crippen MR) is 94.1 cm³/mol. The van der Waals surface area contributed by atoms with Crippen molar-refractivity contribution in [2.75, 3.05) is 18.5 Å². The summed E-state index contributed by atoms with van der Waals surface area (Å²) >= 11 is 0. The number of nitrogens with one attached hydrogen (secondary N) is 1. The molecule has 0 bridgehead atoms. The van der Waals surface area contributed by atoms with Gasteiger partial charge in [0.2, 0.25) is 5.91 Å². The molecule has 8 heteroatoms. The molecule has 0 aromatic heterocycles. The standard InChI is InChI=1S/C18H17N3O5/c1-19-18(23)16-11-20(14-4-2-3-5-15(14)26-16)17(22)10-12-6-8-13(9-7-12)21(24)25/h2-9,16H,10-11H2,1H3,(H,19,23)/t16-/m1/s1. The normalized spacial score (nSPS) is 15.6. The van der Waals surface area contributed by atoms with Gasteiger partial charge in [-0.2, -0.15) is 0 Å². The van der Waals surface area contributed by atoms with Crippen molar-refractivity contribution in [3.63, 3.8) is 0 Å². The van der Waals surface area contributed by atoms with Crippen molar-refractivity contribution >= 4 is 23.2 Å². The molecule has 2 aromatic carbocycles. The number of non-ortho nitro benzene ring substituents is 1. The van der Waals surface area contributed by atoms with E-state index in [-0.39, 0.29) is 30.5 Å². The quantitative estimate of drug-likeness (QED) is 0.664. The molecule has 1 heterocycles. The van der Waals surface area contributed by atoms with Crippen LogP contribution < -0.4 is 15.0 Å². The number of nitro benzene ring substituents is 1. The van der Waals surface area contributed by atoms with Gasteiger partial charge in [-0.1, -0.05) is 24.3 Å². The third kappa shape index (κ3) is 3.49. The molecule has 0 saturated heterocycles. The molecule has 1 aliphatic rings. The number of hydrogen-bond acceptors (Lipinski definition) is 5. The highest BCUT2D eigenvalue weighted by molar-refractivity contribution is 5.98. The van der Waals surface area contributed by atoms with Crippen molar-refractivity contribution in [2.45, 2.75) is 12.5 Å². The lowest BCUT2D eigenvalue weighted by atomic mass is 10.1. The first-order valence-corrected chi connectivity index (χ1v) is 8.00. The fraction of sp³-hybridized carbons (Fsp3) is 0.222. The molecule has 1 aliphatic heterocycles. The molecule has 2 amide bonds. The maximum Gasteiger partial charge on any atom is 0.269 e. The summed E-state index contributed by atoms with van der Waals surface area (Å²) in [5.41, 5.74) is 1.22. The number of carbonyl (C=O) groups is 2. The van der Waals surface area contributed by atoms with Gasteiger partial charge >= 0.3 is 0 Å². The van der Waals surface area contributed by atoms with Crippen LogP contribution >= 0.6 is 0 Å². The van der Waals surface area contributed by atoms with Crippen LogP contribution in [0.15, 0.2) is 48.5 Å². The molecule has 3 rings (SSSR count). The van der Waals surface area contributed by atoms with Crippen LogP contribution in [0.4, 0.5) is 11.4 Å². The Morgan fingerprint density at radius 1 is 1.23 bits per heavy atom. The topological polar surface area (TPSA) is 102 Å². The number of likely N-dealkylation sites (N-methyl/N-ethyl adjacent to an activating group) is 1. The average molecular weight is 355 g/mol. The molecular weight excluding hydrogens is 338 g/mol. The summed E-state index contributed by atoms with van der Waals surface area (Å²) in [6.45, 7) is 0.0997. The summed E-state index contributed by atoms with van der Waals surface area (Å²) in [7, 11) is 1.51. The van der Waals surface area contributed by atoms with E-state index in [0.717, 1.165) is 0 Å². The van der Waals surface area contributed by atoms with Gasteiger partial charge in [-0.3, -0.25) is 19.7 Å². The second-order valence-corrected chi connectivity index (χ2v) is 5.79. The van der Waals surface area contributed by atoms with Crippen LogP contribution in [0.5, 0.6) is 5.75 Å². The summed E-state index contributed by atoms with van der Waals surface area (Å²) in [6.07, 6.45) is -0.733. The van der Waals surface area contributed by atoms with Crippen LogP contribution in [-0.2, 0) is 16.0 Å². The minimum absolute atomic E-state index is 0.0300. The predicted octanol–water partition coefficient (Wildman–Crippen LogP) is 1.68. The molecule has 8 nitrogen and oxygen atoms in total. The van der Waals surface area contributed by atoms with Gasteiger partial charge in [0, 0.05) is 19.2 Å². The number of carbonyl (C=O) groups excluding carboxylic acids is 2. The zero-order valence-corrected chi connectivity index (χ0v) is 14.0. The van der Waals surface area contributed by atoms with Gasteiger partial charge in [0.25, 0.3) is 11.6 Å². The lowest BCUT2D eigenvalue weighted by Gasteiger charge is -2.34. The number of rotatable bonds is 4. The van der Waals surface area contributed by atoms with Crippen molar-refractivity contribution in [1.82, 2.24) is 5.32 Å². The highest BCUT2D eigenvalue weighted by Crippen LogP contribution is 2.33. The Balaban J connectivity index is 1.82. The first kappa shape index (κ1) is 17.4. The molecule has 0 aliphatic carbocycles. The highest BCUT2D eigenvalue weighted by atomic mass is 16.6. The number of anilines is 1. The molecule has 0 fully saturated rings. The van der Waals surface area contributed by atoms with E-state index in [1.165, 1.54) is 24.1 Å². The van der Waals surface area contributed by atoms with Crippen LogP contribution in [0.3, 0.4) is 0 Å². The zero-order chi connectivity index (χ0) is 18.7. The number of benzene rings is 2. The van der Waals surface area contributed by atoms with E-state index in [9.17, 15) is 19.7 Å². The fourth-order valence-electron chi connectivity index (χ4n) is 2.77. The van der Waals surface area contributed by atoms with Crippen LogP contribution in [0, 0.1) is 10.1 Å². The third-order valence-corrected chi connectivity index (χ3v) is 4.12. The molecule has 1 atom stereocenters. The maximum absolute atomic E-state index is 12.8. The molecule has 2 aromatic rings. The number of ether oxygens (including phenoxy) is 1. The van der Waals surface area contributed by atoms with Gasteiger partial charge in [-0.25, -0.2) is 0 Å². The van der Waals surface area contributed by atoms with E-state index in [1.807, 2.05) is 0 Å². The first-order valence-electron chi connectivity index (χ1n) is 8.00. The van der Waals surface area contributed by atoms with Crippen LogP contribution in [0.25, 0.3) is 0 Å². The Morgan fingerprint density at radius 3 is 2.58 bits per heavy atom. The summed E-state index contributed by atoms with van der Waals surface area (Å²) in [5.74, 6) is -0.0689. The Morgan fingerprint density at radius 2 is 1.92 bits per heavy atom. The first-order chi connectivity index (χ1) is 12.5. The number of amides is 2. The largest absolute Gasteiger partial charge is 0.477 e. The summed E-state index contributed by atoms with van der Waals surface area (Å²) in [5, 5.41) is 13.3. The van der Waals surface area contributed by atoms with E-state index < -0.39 is 11.0 Å². The molecule has 134 valence electrons. The van der Waals surface area contributed by atoms with E-state index >= 15 is 0 Å². The number of nitro groups is 1. The van der Waals surface area contributed by atoms with Gasteiger partial charge in [-0.05, 0) is 17.7 Å². The molecule has 26 heavy (non-hydrogen) atoms. The molecule has 1 N–H and O–H groups in total. The summed E-state index contributed by atoms with van der Waals surface area (Å²) < 4.78 is 5.68. The molecule has 0 spiro atoms. The highest BCUT2D eigenvalue weighted by Gasteiger charge is 2.33. The maximum atomic E-state index is 12.8. The minimum atomic E-state index is -0.796. The van der Waals surface area contributed by atoms with Crippen molar-refractivity contribution in [1.29, 1.82) is 0 Å². The monoisotopic (exact) mass is 355 g/mol. The van der Waals surface area contributed by atoms with Gasteiger partial charge in [0.15, 0.2) is 6.10 Å². The number of para-hydroxylation sites is 2. The van der Waals surface area contributed by atoms with E-state index in [2.05, 4.69) is 5.32 Å². The van der Waals surface area contributed by atoms with E-state index in [0.29, 0.717) is 17.0 Å². The van der Waals surface area contributed by atoms with Gasteiger partial charge in [0.1, 0.15) is 5.75 Å². The molecule has 0 radical (unpaired) electrons. The van der Waals surface area contributed by atoms with Gasteiger partial charge in [0.05, 0.1) is 23.6 Å². The Bertz CT molecular complexity index is 850. The molecule has 0 saturated carbocycles. The van der Waals surface area contributed by atoms with Crippen LogP contribution in [0.2, 0.25) is 0 Å². The van der Waals surface area contributed by atoms with E-state index in [4.69, 9.17) is 4.74 Å². The summed E-state index contributed by atoms with van der Waals surface area (Å²) in [4.78, 5) is 36.5. The molecule has 0 unspecified atom stereocenters. The third-order valence-electron chi connectivity index (χ3n) is 4.12. The van der Waals surface area contributed by atoms with Crippen LogP contribution in [-0.4, -0.2) is 36.4 Å². The van der Waals surface area contributed by atoms with Crippen molar-refractivity contribution in [3.05, 3.63) is 64.2 Å². The van der Waals surface area contributed by atoms with Crippen molar-refractivity contribution < 1.29 is 19.2 Å². The lowest BCUT2D eigenvalue weighted by Crippen LogP contribution is -2.50. The summed E-state index contributed by atoms with van der Waals surface area (Å²) in [6, 6.07) is 12.8. The Labute approximate surface area is 149 Å². The van der Waals surface area contributed by atoms with Crippen molar-refractivity contribution in [3.8, 4) is 5.75 Å². The SMILES string of the molecule is CNC(=O)[C@H]1CN(C(=O)Cc2ccc([N+](=O)[O-])cc2)c2ccccc2O1. The number of hydrogen-bond donors (Lipinski definition) is 1. The van der Waals surface area contributed by atoms with Gasteiger partial charge < -0.3 is 15.0 Å². The number of fused-ring (bicyclic) bond motifs is 1. The Kier molecular flexibility index (Phi) is 4.83. The molecular formula is C18H17N3O5. The second-order valence-electron chi connectivity index (χ2n) is 5.79. The Hall–Kier alpha value is -3.42. The zero-order valence-electron chi connectivity index (χ0n) is 14.0. The fourth-order valence-corrected chi connectivity index (χ4v) is 2.77. The number of nitrogens with zero attached hydrogens (tertiary/aromatic N) is 2. The van der Waals surface area contributed by atoms with Gasteiger partial charge in [-0.15, -0.1) is 0 Å². The van der Waals surface area contributed by atoms with E-state index in [1.54, 1.807) is 36.4 Å². The average Bonchev–Trinajstić information content (AvgIpc) is 2.66.